The summed E-state index contributed by atoms with van der Waals surface area (Å²) in [5, 5.41) is 0. The van der Waals surface area contributed by atoms with Gasteiger partial charge >= 0.3 is 0 Å². The van der Waals surface area contributed by atoms with E-state index in [1.807, 2.05) is 58.0 Å². The van der Waals surface area contributed by atoms with Gasteiger partial charge in [0.25, 0.3) is 0 Å². The summed E-state index contributed by atoms with van der Waals surface area (Å²) >= 11 is 0. The van der Waals surface area contributed by atoms with E-state index in [1.165, 1.54) is 0 Å². The molecule has 0 saturated carbocycles. The number of hydrogen-bond acceptors (Lipinski definition) is 3. The van der Waals surface area contributed by atoms with Crippen LogP contribution >= 0.6 is 0 Å². The van der Waals surface area contributed by atoms with Crippen molar-refractivity contribution in [2.24, 2.45) is 0 Å². The van der Waals surface area contributed by atoms with Gasteiger partial charge in [0.1, 0.15) is 6.54 Å². The summed E-state index contributed by atoms with van der Waals surface area (Å²) in [4.78, 5) is 19.2. The van der Waals surface area contributed by atoms with Gasteiger partial charge in [-0.3, -0.25) is 4.79 Å². The average molecular weight is 347 g/mol. The number of amides is 1. The molecule has 1 fully saturated rings. The first kappa shape index (κ1) is 16.5. The monoisotopic (exact) mass is 347 g/mol. The Bertz CT molecular complexity index is 869. The van der Waals surface area contributed by atoms with Gasteiger partial charge in [-0.2, -0.15) is 0 Å². The van der Waals surface area contributed by atoms with Gasteiger partial charge in [0, 0.05) is 24.2 Å². The second-order valence-electron chi connectivity index (χ2n) is 6.29. The van der Waals surface area contributed by atoms with E-state index in [-0.39, 0.29) is 12.5 Å². The van der Waals surface area contributed by atoms with Crippen LogP contribution in [-0.4, -0.2) is 46.7 Å². The summed E-state index contributed by atoms with van der Waals surface area (Å²) in [5.74, 6) is 0.0995. The predicted octanol–water partition coefficient (Wildman–Crippen LogP) is 3.08. The van der Waals surface area contributed by atoms with Crippen molar-refractivity contribution in [1.29, 1.82) is 0 Å². The standard InChI is InChI=1S/C21H21N3O2/c25-19(23-11-13-26-14-12-23)15-24-16-22-20(17-7-3-1-4-8-17)21(24)18-9-5-2-6-10-18/h1-10,16H,11-15H2. The molecule has 3 aromatic rings. The second kappa shape index (κ2) is 7.54. The lowest BCUT2D eigenvalue weighted by Crippen LogP contribution is -2.42. The molecule has 2 aromatic carbocycles. The van der Waals surface area contributed by atoms with Crippen LogP contribution in [0.1, 0.15) is 0 Å². The molecule has 0 bridgehead atoms. The first-order valence-corrected chi connectivity index (χ1v) is 8.84. The Morgan fingerprint density at radius 2 is 1.54 bits per heavy atom. The molecule has 5 heteroatoms. The largest absolute Gasteiger partial charge is 0.378 e. The highest BCUT2D eigenvalue weighted by Crippen LogP contribution is 2.31. The minimum atomic E-state index is 0.0995. The fraction of sp³-hybridized carbons (Fsp3) is 0.238. The Balaban J connectivity index is 1.70. The van der Waals surface area contributed by atoms with Gasteiger partial charge in [-0.1, -0.05) is 60.7 Å². The first-order valence-electron chi connectivity index (χ1n) is 8.84. The van der Waals surface area contributed by atoms with Crippen molar-refractivity contribution < 1.29 is 9.53 Å². The van der Waals surface area contributed by atoms with Gasteiger partial charge in [-0.05, 0) is 0 Å². The number of rotatable bonds is 4. The van der Waals surface area contributed by atoms with Gasteiger partial charge in [0.15, 0.2) is 0 Å². The molecule has 132 valence electrons. The van der Waals surface area contributed by atoms with Crippen LogP contribution in [0, 0.1) is 0 Å². The molecule has 1 amide bonds. The lowest BCUT2D eigenvalue weighted by Gasteiger charge is -2.27. The van der Waals surface area contributed by atoms with Crippen LogP contribution in [0.4, 0.5) is 0 Å². The topological polar surface area (TPSA) is 47.4 Å². The van der Waals surface area contributed by atoms with Crippen molar-refractivity contribution in [1.82, 2.24) is 14.5 Å². The maximum absolute atomic E-state index is 12.7. The number of hydrogen-bond donors (Lipinski definition) is 0. The zero-order valence-electron chi connectivity index (χ0n) is 14.5. The molecule has 1 aliphatic heterocycles. The van der Waals surface area contributed by atoms with Crippen molar-refractivity contribution in [3.05, 3.63) is 67.0 Å². The fourth-order valence-electron chi connectivity index (χ4n) is 3.27. The van der Waals surface area contributed by atoms with Crippen molar-refractivity contribution in [2.75, 3.05) is 26.3 Å². The number of carbonyl (C=O) groups excluding carboxylic acids is 1. The van der Waals surface area contributed by atoms with Gasteiger partial charge in [0.2, 0.25) is 5.91 Å². The molecule has 1 aliphatic rings. The highest BCUT2D eigenvalue weighted by Gasteiger charge is 2.21. The molecule has 0 N–H and O–H groups in total. The van der Waals surface area contributed by atoms with E-state index in [0.29, 0.717) is 26.3 Å². The van der Waals surface area contributed by atoms with Crippen LogP contribution in [0.3, 0.4) is 0 Å². The zero-order chi connectivity index (χ0) is 17.8. The van der Waals surface area contributed by atoms with Crippen LogP contribution in [0.5, 0.6) is 0 Å². The minimum Gasteiger partial charge on any atom is -0.378 e. The number of benzene rings is 2. The van der Waals surface area contributed by atoms with Crippen LogP contribution in [0.15, 0.2) is 67.0 Å². The highest BCUT2D eigenvalue weighted by molar-refractivity contribution is 5.81. The lowest BCUT2D eigenvalue weighted by molar-refractivity contribution is -0.135. The van der Waals surface area contributed by atoms with Gasteiger partial charge in [0.05, 0.1) is 30.9 Å². The minimum absolute atomic E-state index is 0.0995. The summed E-state index contributed by atoms with van der Waals surface area (Å²) in [6.07, 6.45) is 1.77. The molecule has 1 aromatic heterocycles. The van der Waals surface area contributed by atoms with Crippen LogP contribution < -0.4 is 0 Å². The van der Waals surface area contributed by atoms with Crippen molar-refractivity contribution >= 4 is 5.91 Å². The fourth-order valence-corrected chi connectivity index (χ4v) is 3.27. The predicted molar refractivity (Wildman–Crippen MR) is 100 cm³/mol. The third-order valence-electron chi connectivity index (χ3n) is 4.60. The van der Waals surface area contributed by atoms with Crippen molar-refractivity contribution in [3.63, 3.8) is 0 Å². The summed E-state index contributed by atoms with van der Waals surface area (Å²) in [6.45, 7) is 2.80. The van der Waals surface area contributed by atoms with Gasteiger partial charge in [-0.15, -0.1) is 0 Å². The number of morpholine rings is 1. The number of ether oxygens (including phenoxy) is 1. The Morgan fingerprint density at radius 1 is 0.923 bits per heavy atom. The normalized spacial score (nSPS) is 14.4. The van der Waals surface area contributed by atoms with Crippen LogP contribution in [-0.2, 0) is 16.1 Å². The maximum Gasteiger partial charge on any atom is 0.242 e. The molecular formula is C21H21N3O2. The molecular weight excluding hydrogens is 326 g/mol. The van der Waals surface area contributed by atoms with E-state index >= 15 is 0 Å². The number of carbonyl (C=O) groups is 1. The summed E-state index contributed by atoms with van der Waals surface area (Å²) < 4.78 is 7.30. The Morgan fingerprint density at radius 3 is 2.19 bits per heavy atom. The third kappa shape index (κ3) is 3.39. The van der Waals surface area contributed by atoms with E-state index in [9.17, 15) is 4.79 Å². The SMILES string of the molecule is O=C(Cn1cnc(-c2ccccc2)c1-c1ccccc1)N1CCOCC1. The second-order valence-corrected chi connectivity index (χ2v) is 6.29. The van der Waals surface area contributed by atoms with Crippen LogP contribution in [0.2, 0.25) is 0 Å². The lowest BCUT2D eigenvalue weighted by atomic mass is 10.0. The third-order valence-corrected chi connectivity index (χ3v) is 4.60. The van der Waals surface area contributed by atoms with E-state index in [2.05, 4.69) is 17.1 Å². The summed E-state index contributed by atoms with van der Waals surface area (Å²) in [5.41, 5.74) is 3.97. The Hall–Kier alpha value is -2.92. The molecule has 0 atom stereocenters. The molecule has 2 heterocycles. The molecule has 0 aliphatic carbocycles. The Labute approximate surface area is 152 Å². The molecule has 0 unspecified atom stereocenters. The van der Waals surface area contributed by atoms with E-state index in [1.54, 1.807) is 6.33 Å². The number of imidazole rings is 1. The van der Waals surface area contributed by atoms with Crippen LogP contribution in [0.25, 0.3) is 22.5 Å². The Kier molecular flexibility index (Phi) is 4.80. The van der Waals surface area contributed by atoms with Gasteiger partial charge < -0.3 is 14.2 Å². The molecule has 4 rings (SSSR count). The number of aromatic nitrogens is 2. The van der Waals surface area contributed by atoms with E-state index < -0.39 is 0 Å². The quantitative estimate of drug-likeness (QED) is 0.729. The maximum atomic E-state index is 12.7. The molecule has 0 radical (unpaired) electrons. The zero-order valence-corrected chi connectivity index (χ0v) is 14.5. The smallest absolute Gasteiger partial charge is 0.242 e. The number of nitrogens with zero attached hydrogens (tertiary/aromatic N) is 3. The van der Waals surface area contributed by atoms with Crippen molar-refractivity contribution in [3.8, 4) is 22.5 Å². The summed E-state index contributed by atoms with van der Waals surface area (Å²) in [6, 6.07) is 20.2. The first-order chi connectivity index (χ1) is 12.8. The van der Waals surface area contributed by atoms with Gasteiger partial charge in [-0.25, -0.2) is 4.98 Å². The van der Waals surface area contributed by atoms with E-state index in [4.69, 9.17) is 4.74 Å². The molecule has 26 heavy (non-hydrogen) atoms. The molecule has 1 saturated heterocycles. The van der Waals surface area contributed by atoms with Crippen molar-refractivity contribution in [2.45, 2.75) is 6.54 Å². The van der Waals surface area contributed by atoms with E-state index in [0.717, 1.165) is 22.5 Å². The molecule has 5 nitrogen and oxygen atoms in total. The molecule has 0 spiro atoms. The summed E-state index contributed by atoms with van der Waals surface area (Å²) in [7, 11) is 0. The average Bonchev–Trinajstić information content (AvgIpc) is 3.13. The highest BCUT2D eigenvalue weighted by atomic mass is 16.5.